The van der Waals surface area contributed by atoms with Crippen molar-refractivity contribution in [2.45, 2.75) is 39.5 Å². The van der Waals surface area contributed by atoms with Crippen molar-refractivity contribution in [1.29, 1.82) is 0 Å². The number of rotatable bonds is 4. The van der Waals surface area contributed by atoms with Crippen LogP contribution in [0.3, 0.4) is 0 Å². The summed E-state index contributed by atoms with van der Waals surface area (Å²) in [5.74, 6) is 0. The lowest BCUT2D eigenvalue weighted by Gasteiger charge is -2.32. The average molecular weight is 206 g/mol. The fourth-order valence-electron chi connectivity index (χ4n) is 1.50. The van der Waals surface area contributed by atoms with E-state index in [4.69, 9.17) is 9.05 Å². The van der Waals surface area contributed by atoms with Crippen LogP contribution in [-0.4, -0.2) is 13.2 Å². The van der Waals surface area contributed by atoms with Gasteiger partial charge in [-0.05, 0) is 6.42 Å². The topological polar surface area (TPSA) is 35.5 Å². The van der Waals surface area contributed by atoms with E-state index in [0.29, 0.717) is 13.2 Å². The Morgan fingerprint density at radius 2 is 1.92 bits per heavy atom. The molecule has 0 unspecified atom stereocenters. The van der Waals surface area contributed by atoms with Crippen molar-refractivity contribution in [3.8, 4) is 0 Å². The summed E-state index contributed by atoms with van der Waals surface area (Å²) in [6.45, 7) is 5.51. The Kier molecular flexibility index (Phi) is 4.43. The van der Waals surface area contributed by atoms with Gasteiger partial charge in [0.25, 0.3) is 0 Å². The molecule has 0 atom stereocenters. The highest BCUT2D eigenvalue weighted by Crippen LogP contribution is 2.39. The van der Waals surface area contributed by atoms with Gasteiger partial charge in [0.05, 0.1) is 13.2 Å². The maximum atomic E-state index is 10.8. The van der Waals surface area contributed by atoms with Crippen molar-refractivity contribution < 1.29 is 13.6 Å². The molecule has 0 N–H and O–H groups in total. The third-order valence-corrected chi connectivity index (χ3v) is 3.22. The number of unbranched alkanes of at least 4 members (excludes halogenated alkanes) is 2. The van der Waals surface area contributed by atoms with Gasteiger partial charge in [0, 0.05) is 5.41 Å². The highest BCUT2D eigenvalue weighted by molar-refractivity contribution is 7.33. The van der Waals surface area contributed by atoms with Crippen LogP contribution in [0.2, 0.25) is 0 Å². The summed E-state index contributed by atoms with van der Waals surface area (Å²) < 4.78 is 20.9. The molecule has 0 aromatic rings. The van der Waals surface area contributed by atoms with Gasteiger partial charge in [-0.25, -0.2) is 0 Å². The maximum absolute atomic E-state index is 10.8. The van der Waals surface area contributed by atoms with Gasteiger partial charge in [0.1, 0.15) is 0 Å². The van der Waals surface area contributed by atoms with Crippen molar-refractivity contribution >= 4 is 8.25 Å². The van der Waals surface area contributed by atoms with Crippen LogP contribution < -0.4 is 0 Å². The van der Waals surface area contributed by atoms with Crippen molar-refractivity contribution in [2.24, 2.45) is 5.41 Å². The van der Waals surface area contributed by atoms with E-state index in [-0.39, 0.29) is 5.41 Å². The quantitative estimate of drug-likeness (QED) is 0.524. The SMILES string of the molecule is CCCCCC1(C)CO[PH](=O)OC1. The minimum absolute atomic E-state index is 0.0910. The smallest absolute Gasteiger partial charge is 0.310 e. The Labute approximate surface area is 80.8 Å². The summed E-state index contributed by atoms with van der Waals surface area (Å²) in [5, 5.41) is 0. The van der Waals surface area contributed by atoms with Crippen molar-refractivity contribution in [2.75, 3.05) is 13.2 Å². The fourth-order valence-corrected chi connectivity index (χ4v) is 2.51. The van der Waals surface area contributed by atoms with Gasteiger partial charge in [0.2, 0.25) is 0 Å². The minimum Gasteiger partial charge on any atom is -0.310 e. The van der Waals surface area contributed by atoms with E-state index in [1.807, 2.05) is 0 Å². The summed E-state index contributed by atoms with van der Waals surface area (Å²) in [7, 11) is -2.14. The predicted octanol–water partition coefficient (Wildman–Crippen LogP) is 3.01. The molecule has 0 aromatic carbocycles. The summed E-state index contributed by atoms with van der Waals surface area (Å²) >= 11 is 0. The second-order valence-corrected chi connectivity index (χ2v) is 5.17. The van der Waals surface area contributed by atoms with E-state index in [0.717, 1.165) is 6.42 Å². The first-order valence-electron chi connectivity index (χ1n) is 4.96. The van der Waals surface area contributed by atoms with Gasteiger partial charge >= 0.3 is 8.25 Å². The summed E-state index contributed by atoms with van der Waals surface area (Å²) in [6, 6.07) is 0. The minimum atomic E-state index is -2.14. The zero-order valence-electron chi connectivity index (χ0n) is 8.47. The first-order chi connectivity index (χ1) is 6.16. The average Bonchev–Trinajstić information content (AvgIpc) is 2.12. The van der Waals surface area contributed by atoms with E-state index in [2.05, 4.69) is 13.8 Å². The molecule has 1 aliphatic heterocycles. The number of hydrogen-bond acceptors (Lipinski definition) is 3. The van der Waals surface area contributed by atoms with E-state index < -0.39 is 8.25 Å². The Hall–Kier alpha value is 0.150. The maximum Gasteiger partial charge on any atom is 0.319 e. The highest BCUT2D eigenvalue weighted by atomic mass is 31.1. The Morgan fingerprint density at radius 3 is 2.46 bits per heavy atom. The van der Waals surface area contributed by atoms with Crippen LogP contribution in [0, 0.1) is 5.41 Å². The molecule has 0 radical (unpaired) electrons. The highest BCUT2D eigenvalue weighted by Gasteiger charge is 2.30. The number of hydrogen-bond donors (Lipinski definition) is 0. The van der Waals surface area contributed by atoms with Crippen LogP contribution in [0.5, 0.6) is 0 Å². The molecule has 3 nitrogen and oxygen atoms in total. The van der Waals surface area contributed by atoms with Crippen molar-refractivity contribution in [3.63, 3.8) is 0 Å². The molecular weight excluding hydrogens is 187 g/mol. The van der Waals surface area contributed by atoms with Gasteiger partial charge in [-0.15, -0.1) is 0 Å². The summed E-state index contributed by atoms with van der Waals surface area (Å²) in [6.07, 6.45) is 4.80. The zero-order chi connectivity index (χ0) is 9.73. The molecule has 0 bridgehead atoms. The molecule has 1 rings (SSSR count). The summed E-state index contributed by atoms with van der Waals surface area (Å²) in [5.41, 5.74) is 0.0910. The van der Waals surface area contributed by atoms with E-state index in [1.54, 1.807) is 0 Å². The van der Waals surface area contributed by atoms with Crippen LogP contribution >= 0.6 is 8.25 Å². The van der Waals surface area contributed by atoms with E-state index in [1.165, 1.54) is 19.3 Å². The fraction of sp³-hybridized carbons (Fsp3) is 1.00. The molecule has 13 heavy (non-hydrogen) atoms. The zero-order valence-corrected chi connectivity index (χ0v) is 9.47. The Bertz CT molecular complexity index is 172. The standard InChI is InChI=1S/C9H19O3P/c1-3-4-5-6-9(2)7-11-13(10)12-8-9/h13H,3-8H2,1-2H3. The molecule has 0 spiro atoms. The predicted molar refractivity (Wildman–Crippen MR) is 53.2 cm³/mol. The van der Waals surface area contributed by atoms with Gasteiger partial charge < -0.3 is 9.05 Å². The molecule has 1 heterocycles. The third-order valence-electron chi connectivity index (χ3n) is 2.46. The van der Waals surface area contributed by atoms with Gasteiger partial charge in [-0.2, -0.15) is 0 Å². The first kappa shape index (κ1) is 11.2. The van der Waals surface area contributed by atoms with Crippen LogP contribution in [-0.2, 0) is 13.6 Å². The monoisotopic (exact) mass is 206 g/mol. The molecule has 0 saturated carbocycles. The van der Waals surface area contributed by atoms with Gasteiger partial charge in [0.15, 0.2) is 0 Å². The van der Waals surface area contributed by atoms with Gasteiger partial charge in [-0.1, -0.05) is 33.1 Å². The molecule has 0 aliphatic carbocycles. The second-order valence-electron chi connectivity index (χ2n) is 4.10. The lowest BCUT2D eigenvalue weighted by molar-refractivity contribution is 0.0330. The molecule has 0 amide bonds. The Morgan fingerprint density at radius 1 is 1.31 bits per heavy atom. The van der Waals surface area contributed by atoms with Crippen LogP contribution in [0.4, 0.5) is 0 Å². The molecule has 78 valence electrons. The Balaban J connectivity index is 2.26. The summed E-state index contributed by atoms with van der Waals surface area (Å²) in [4.78, 5) is 0. The third kappa shape index (κ3) is 3.80. The van der Waals surface area contributed by atoms with Gasteiger partial charge in [-0.3, -0.25) is 4.57 Å². The molecule has 4 heteroatoms. The molecule has 1 fully saturated rings. The largest absolute Gasteiger partial charge is 0.319 e. The molecule has 1 saturated heterocycles. The van der Waals surface area contributed by atoms with Crippen molar-refractivity contribution in [3.05, 3.63) is 0 Å². The normalized spacial score (nSPS) is 34.8. The van der Waals surface area contributed by atoms with E-state index >= 15 is 0 Å². The molecule has 1 aliphatic rings. The van der Waals surface area contributed by atoms with Crippen LogP contribution in [0.15, 0.2) is 0 Å². The first-order valence-corrected chi connectivity index (χ1v) is 6.18. The van der Waals surface area contributed by atoms with E-state index in [9.17, 15) is 4.57 Å². The van der Waals surface area contributed by atoms with Crippen LogP contribution in [0.1, 0.15) is 39.5 Å². The van der Waals surface area contributed by atoms with Crippen LogP contribution in [0.25, 0.3) is 0 Å². The molecule has 0 aromatic heterocycles. The lowest BCUT2D eigenvalue weighted by atomic mass is 9.86. The molecular formula is C9H19O3P. The second kappa shape index (κ2) is 5.14. The van der Waals surface area contributed by atoms with Crippen molar-refractivity contribution in [1.82, 2.24) is 0 Å². The lowest BCUT2D eigenvalue weighted by Crippen LogP contribution is -2.30.